The third-order valence-corrected chi connectivity index (χ3v) is 3.95. The minimum absolute atomic E-state index is 0.0115. The number of nitrogens with two attached hydrogens (primary N) is 1. The van der Waals surface area contributed by atoms with E-state index in [2.05, 4.69) is 10.6 Å². The highest BCUT2D eigenvalue weighted by Crippen LogP contribution is 2.13. The number of carbonyl (C=O) groups excluding carboxylic acids is 4. The van der Waals surface area contributed by atoms with E-state index in [1.165, 1.54) is 0 Å². The van der Waals surface area contributed by atoms with Crippen molar-refractivity contribution < 1.29 is 19.2 Å². The normalized spacial score (nSPS) is 13.7. The Morgan fingerprint density at radius 3 is 2.08 bits per heavy atom. The molecule has 26 heavy (non-hydrogen) atoms. The van der Waals surface area contributed by atoms with E-state index in [1.54, 1.807) is 0 Å². The van der Waals surface area contributed by atoms with Crippen LogP contribution in [0.3, 0.4) is 0 Å². The lowest BCUT2D eigenvalue weighted by Gasteiger charge is -2.27. The molecule has 4 N–H and O–H groups in total. The van der Waals surface area contributed by atoms with Gasteiger partial charge in [0.05, 0.1) is 12.6 Å². The van der Waals surface area contributed by atoms with E-state index in [1.807, 2.05) is 34.6 Å². The Hall–Kier alpha value is -1.76. The summed E-state index contributed by atoms with van der Waals surface area (Å²) in [7, 11) is 0. The minimum Gasteiger partial charge on any atom is -0.369 e. The van der Waals surface area contributed by atoms with Gasteiger partial charge in [0, 0.05) is 17.9 Å². The fourth-order valence-electron chi connectivity index (χ4n) is 2.65. The van der Waals surface area contributed by atoms with Gasteiger partial charge >= 0.3 is 0 Å². The van der Waals surface area contributed by atoms with Crippen molar-refractivity contribution in [2.45, 2.75) is 84.7 Å². The van der Waals surface area contributed by atoms with Gasteiger partial charge in [-0.25, -0.2) is 0 Å². The van der Waals surface area contributed by atoms with Crippen LogP contribution in [-0.2, 0) is 19.2 Å². The maximum absolute atomic E-state index is 12.3. The molecule has 0 spiro atoms. The molecule has 2 atom stereocenters. The molecular formula is C19H35N3O4. The van der Waals surface area contributed by atoms with Gasteiger partial charge < -0.3 is 16.4 Å². The number of hydrogen-bond acceptors (Lipinski definition) is 5. The second kappa shape index (κ2) is 11.8. The van der Waals surface area contributed by atoms with Crippen LogP contribution >= 0.6 is 0 Å². The van der Waals surface area contributed by atoms with Crippen LogP contribution in [0.4, 0.5) is 0 Å². The first-order chi connectivity index (χ1) is 12.0. The van der Waals surface area contributed by atoms with Crippen molar-refractivity contribution in [3.8, 4) is 0 Å². The average Bonchev–Trinajstić information content (AvgIpc) is 2.53. The number of carbonyl (C=O) groups is 4. The number of rotatable bonds is 13. The summed E-state index contributed by atoms with van der Waals surface area (Å²) in [6.07, 6.45) is 3.55. The van der Waals surface area contributed by atoms with E-state index in [0.29, 0.717) is 12.8 Å². The van der Waals surface area contributed by atoms with Gasteiger partial charge in [-0.1, -0.05) is 33.1 Å². The van der Waals surface area contributed by atoms with Gasteiger partial charge in [-0.15, -0.1) is 0 Å². The summed E-state index contributed by atoms with van der Waals surface area (Å²) in [6.45, 7) is 9.42. The summed E-state index contributed by atoms with van der Waals surface area (Å²) < 4.78 is 0. The van der Waals surface area contributed by atoms with Gasteiger partial charge in [0.15, 0.2) is 5.78 Å². The van der Waals surface area contributed by atoms with E-state index in [0.717, 1.165) is 19.3 Å². The molecule has 0 heterocycles. The predicted octanol–water partition coefficient (Wildman–Crippen LogP) is 1.48. The topological polar surface area (TPSA) is 118 Å². The molecule has 0 aromatic rings. The third-order valence-electron chi connectivity index (χ3n) is 3.95. The number of ketones is 2. The molecule has 0 radical (unpaired) electrons. The first-order valence-corrected chi connectivity index (χ1v) is 9.42. The molecule has 0 aliphatic heterocycles. The largest absolute Gasteiger partial charge is 0.369 e. The molecule has 0 saturated heterocycles. The van der Waals surface area contributed by atoms with Crippen molar-refractivity contribution in [3.63, 3.8) is 0 Å². The maximum Gasteiger partial charge on any atom is 0.289 e. The van der Waals surface area contributed by atoms with Gasteiger partial charge in [0.2, 0.25) is 11.7 Å². The standard InChI is InChI=1S/C19H35N3O4/c1-6-8-10-13(17(20)25)11-14(23)12-21-18(26)16(24)15(9-7-2)22-19(3,4)5/h13,15,22H,6-12H2,1-5H3,(H2,20,25)(H,21,26). The van der Waals surface area contributed by atoms with Crippen molar-refractivity contribution in [2.75, 3.05) is 6.54 Å². The molecule has 0 aliphatic carbocycles. The molecule has 2 unspecified atom stereocenters. The molecule has 7 nitrogen and oxygen atoms in total. The van der Waals surface area contributed by atoms with Gasteiger partial charge in [0.1, 0.15) is 0 Å². The van der Waals surface area contributed by atoms with Crippen LogP contribution in [0.2, 0.25) is 0 Å². The van der Waals surface area contributed by atoms with Crippen LogP contribution in [0, 0.1) is 5.92 Å². The number of Topliss-reactive ketones (excluding diaryl/α,β-unsaturated/α-hetero) is 2. The van der Waals surface area contributed by atoms with E-state index < -0.39 is 29.6 Å². The minimum atomic E-state index is -0.780. The molecule has 0 bridgehead atoms. The lowest BCUT2D eigenvalue weighted by atomic mass is 9.95. The zero-order valence-electron chi connectivity index (χ0n) is 16.8. The Kier molecular flexibility index (Phi) is 11.0. The van der Waals surface area contributed by atoms with Crippen LogP contribution in [0.1, 0.15) is 73.1 Å². The van der Waals surface area contributed by atoms with Crippen molar-refractivity contribution in [3.05, 3.63) is 0 Å². The third kappa shape index (κ3) is 10.3. The van der Waals surface area contributed by atoms with Crippen LogP contribution in [0.15, 0.2) is 0 Å². The van der Waals surface area contributed by atoms with Gasteiger partial charge in [-0.2, -0.15) is 0 Å². The number of primary amides is 1. The average molecular weight is 370 g/mol. The van der Waals surface area contributed by atoms with Crippen molar-refractivity contribution in [2.24, 2.45) is 11.7 Å². The molecule has 2 amide bonds. The summed E-state index contributed by atoms with van der Waals surface area (Å²) in [4.78, 5) is 47.9. The first-order valence-electron chi connectivity index (χ1n) is 9.42. The van der Waals surface area contributed by atoms with Crippen molar-refractivity contribution >= 4 is 23.4 Å². The molecule has 0 aliphatic rings. The van der Waals surface area contributed by atoms with E-state index >= 15 is 0 Å². The molecule has 0 rings (SSSR count). The summed E-state index contributed by atoms with van der Waals surface area (Å²) in [5, 5.41) is 5.52. The number of hydrogen-bond donors (Lipinski definition) is 3. The summed E-state index contributed by atoms with van der Waals surface area (Å²) in [5.74, 6) is -2.69. The van der Waals surface area contributed by atoms with Crippen LogP contribution < -0.4 is 16.4 Å². The molecule has 0 aromatic heterocycles. The van der Waals surface area contributed by atoms with E-state index in [4.69, 9.17) is 5.73 Å². The van der Waals surface area contributed by atoms with E-state index in [9.17, 15) is 19.2 Å². The van der Waals surface area contributed by atoms with Crippen LogP contribution in [0.5, 0.6) is 0 Å². The predicted molar refractivity (Wildman–Crippen MR) is 101 cm³/mol. The Morgan fingerprint density at radius 2 is 1.62 bits per heavy atom. The lowest BCUT2D eigenvalue weighted by molar-refractivity contribution is -0.140. The molecule has 0 aromatic carbocycles. The summed E-state index contributed by atoms with van der Waals surface area (Å²) in [6, 6.07) is -0.585. The summed E-state index contributed by atoms with van der Waals surface area (Å²) >= 11 is 0. The molecular weight excluding hydrogens is 334 g/mol. The molecule has 7 heteroatoms. The highest BCUT2D eigenvalue weighted by molar-refractivity contribution is 6.38. The zero-order chi connectivity index (χ0) is 20.3. The lowest BCUT2D eigenvalue weighted by Crippen LogP contribution is -2.52. The number of unbranched alkanes of at least 4 members (excludes halogenated alkanes) is 1. The SMILES string of the molecule is CCCCC(CC(=O)CNC(=O)C(=O)C(CCC)NC(C)(C)C)C(N)=O. The monoisotopic (exact) mass is 369 g/mol. The summed E-state index contributed by atoms with van der Waals surface area (Å²) in [5.41, 5.74) is 5.01. The zero-order valence-corrected chi connectivity index (χ0v) is 16.8. The Bertz CT molecular complexity index is 498. The van der Waals surface area contributed by atoms with Gasteiger partial charge in [-0.3, -0.25) is 19.2 Å². The van der Waals surface area contributed by atoms with Crippen molar-refractivity contribution in [1.29, 1.82) is 0 Å². The Labute approximate surface area is 156 Å². The van der Waals surface area contributed by atoms with Crippen LogP contribution in [0.25, 0.3) is 0 Å². The fraction of sp³-hybridized carbons (Fsp3) is 0.789. The first kappa shape index (κ1) is 24.2. The van der Waals surface area contributed by atoms with Gasteiger partial charge in [0.25, 0.3) is 5.91 Å². The maximum atomic E-state index is 12.3. The number of nitrogens with one attached hydrogen (secondary N) is 2. The Balaban J connectivity index is 4.62. The van der Waals surface area contributed by atoms with E-state index in [-0.39, 0.29) is 24.3 Å². The smallest absolute Gasteiger partial charge is 0.289 e. The highest BCUT2D eigenvalue weighted by Gasteiger charge is 2.28. The molecule has 150 valence electrons. The van der Waals surface area contributed by atoms with Crippen molar-refractivity contribution in [1.82, 2.24) is 10.6 Å². The fourth-order valence-corrected chi connectivity index (χ4v) is 2.65. The van der Waals surface area contributed by atoms with Crippen LogP contribution in [-0.4, -0.2) is 41.5 Å². The second-order valence-electron chi connectivity index (χ2n) is 7.77. The second-order valence-corrected chi connectivity index (χ2v) is 7.77. The van der Waals surface area contributed by atoms with Gasteiger partial charge in [-0.05, 0) is 33.6 Å². The Morgan fingerprint density at radius 1 is 1.00 bits per heavy atom. The quantitative estimate of drug-likeness (QED) is 0.425. The molecule has 0 saturated carbocycles. The molecule has 0 fully saturated rings. The number of amides is 2. The highest BCUT2D eigenvalue weighted by atomic mass is 16.2.